The van der Waals surface area contributed by atoms with Crippen LogP contribution in [0.2, 0.25) is 0 Å². The number of alkyl halides is 3. The zero-order valence-corrected chi connectivity index (χ0v) is 12.7. The molecule has 7 heteroatoms. The summed E-state index contributed by atoms with van der Waals surface area (Å²) in [4.78, 5) is -0.729. The molecule has 118 valence electrons. The van der Waals surface area contributed by atoms with E-state index >= 15 is 0 Å². The van der Waals surface area contributed by atoms with Crippen LogP contribution in [0.5, 0.6) is 0 Å². The molecule has 21 heavy (non-hydrogen) atoms. The molecule has 0 radical (unpaired) electrons. The summed E-state index contributed by atoms with van der Waals surface area (Å²) in [5.74, 6) is 0. The van der Waals surface area contributed by atoms with E-state index < -0.39 is 20.2 Å². The highest BCUT2D eigenvalue weighted by molar-refractivity contribution is 7.92. The molecule has 0 amide bonds. The molecule has 0 spiro atoms. The Balaban J connectivity index is 2.10. The van der Waals surface area contributed by atoms with Gasteiger partial charge in [0.15, 0.2) is 0 Å². The predicted octanol–water partition coefficient (Wildman–Crippen LogP) is 3.97. The molecule has 1 aliphatic rings. The number of sulfone groups is 1. The second-order valence-electron chi connectivity index (χ2n) is 6.22. The molecule has 1 aromatic carbocycles. The third-order valence-corrected chi connectivity index (χ3v) is 5.31. The van der Waals surface area contributed by atoms with Crippen LogP contribution in [0.3, 0.4) is 0 Å². The minimum Gasteiger partial charge on any atom is -0.382 e. The third-order valence-electron chi connectivity index (χ3n) is 3.81. The number of hydrogen-bond acceptors (Lipinski definition) is 3. The summed E-state index contributed by atoms with van der Waals surface area (Å²) >= 11 is 0. The van der Waals surface area contributed by atoms with E-state index in [1.54, 1.807) is 0 Å². The van der Waals surface area contributed by atoms with Gasteiger partial charge in [-0.2, -0.15) is 13.2 Å². The molecular weight excluding hydrogens is 303 g/mol. The van der Waals surface area contributed by atoms with Gasteiger partial charge in [0.05, 0.1) is 4.90 Å². The van der Waals surface area contributed by atoms with E-state index in [-0.39, 0.29) is 11.5 Å². The molecule has 1 atom stereocenters. The van der Waals surface area contributed by atoms with Gasteiger partial charge in [0.25, 0.3) is 9.84 Å². The Hall–Kier alpha value is -1.24. The fraction of sp³-hybridized carbons (Fsp3) is 0.571. The Morgan fingerprint density at radius 1 is 1.19 bits per heavy atom. The summed E-state index contributed by atoms with van der Waals surface area (Å²) in [7, 11) is -5.27. The summed E-state index contributed by atoms with van der Waals surface area (Å²) < 4.78 is 59.8. The van der Waals surface area contributed by atoms with Gasteiger partial charge in [-0.15, -0.1) is 0 Å². The molecule has 1 unspecified atom stereocenters. The first-order valence-corrected chi connectivity index (χ1v) is 8.18. The van der Waals surface area contributed by atoms with Gasteiger partial charge in [0.2, 0.25) is 0 Å². The molecule has 0 aromatic heterocycles. The van der Waals surface area contributed by atoms with Crippen LogP contribution in [-0.2, 0) is 9.84 Å². The zero-order chi connectivity index (χ0) is 15.9. The van der Waals surface area contributed by atoms with Crippen molar-refractivity contribution in [3.05, 3.63) is 24.3 Å². The van der Waals surface area contributed by atoms with Crippen LogP contribution in [0.4, 0.5) is 18.9 Å². The Morgan fingerprint density at radius 2 is 1.76 bits per heavy atom. The Labute approximate surface area is 122 Å². The van der Waals surface area contributed by atoms with E-state index in [4.69, 9.17) is 0 Å². The predicted molar refractivity (Wildman–Crippen MR) is 74.7 cm³/mol. The topological polar surface area (TPSA) is 46.2 Å². The average Bonchev–Trinajstić information content (AvgIpc) is 2.68. The third kappa shape index (κ3) is 3.51. The van der Waals surface area contributed by atoms with Gasteiger partial charge in [0.1, 0.15) is 0 Å². The Morgan fingerprint density at radius 3 is 2.19 bits per heavy atom. The monoisotopic (exact) mass is 321 g/mol. The van der Waals surface area contributed by atoms with Crippen LogP contribution >= 0.6 is 0 Å². The summed E-state index contributed by atoms with van der Waals surface area (Å²) in [6.45, 7) is 4.35. The molecule has 1 aromatic rings. The van der Waals surface area contributed by atoms with Crippen molar-refractivity contribution in [2.75, 3.05) is 5.32 Å². The minimum atomic E-state index is -5.27. The van der Waals surface area contributed by atoms with Gasteiger partial charge in [-0.05, 0) is 48.9 Å². The van der Waals surface area contributed by atoms with E-state index in [1.165, 1.54) is 12.1 Å². The second kappa shape index (κ2) is 5.19. The van der Waals surface area contributed by atoms with Gasteiger partial charge in [0, 0.05) is 11.7 Å². The SMILES string of the molecule is CC1(C)CCC(Nc2ccc(S(=O)(=O)C(F)(F)F)cc2)C1. The number of hydrogen-bond donors (Lipinski definition) is 1. The maximum atomic E-state index is 12.4. The fourth-order valence-electron chi connectivity index (χ4n) is 2.66. The molecule has 2 rings (SSSR count). The van der Waals surface area contributed by atoms with Gasteiger partial charge in [-0.25, -0.2) is 8.42 Å². The van der Waals surface area contributed by atoms with E-state index in [0.717, 1.165) is 31.4 Å². The fourth-order valence-corrected chi connectivity index (χ4v) is 3.42. The first-order chi connectivity index (χ1) is 9.51. The lowest BCUT2D eigenvalue weighted by molar-refractivity contribution is -0.0436. The van der Waals surface area contributed by atoms with Crippen molar-refractivity contribution < 1.29 is 21.6 Å². The van der Waals surface area contributed by atoms with Crippen molar-refractivity contribution in [1.29, 1.82) is 0 Å². The molecule has 0 aliphatic heterocycles. The maximum absolute atomic E-state index is 12.4. The van der Waals surface area contributed by atoms with Crippen molar-refractivity contribution in [1.82, 2.24) is 0 Å². The lowest BCUT2D eigenvalue weighted by Crippen LogP contribution is -2.23. The lowest BCUT2D eigenvalue weighted by Gasteiger charge is -2.18. The molecular formula is C14H18F3NO2S. The normalized spacial score (nSPS) is 22.2. The highest BCUT2D eigenvalue weighted by Crippen LogP contribution is 2.38. The van der Waals surface area contributed by atoms with Crippen molar-refractivity contribution >= 4 is 15.5 Å². The molecule has 3 nitrogen and oxygen atoms in total. The zero-order valence-electron chi connectivity index (χ0n) is 11.9. The smallest absolute Gasteiger partial charge is 0.382 e. The van der Waals surface area contributed by atoms with Crippen LogP contribution < -0.4 is 5.32 Å². The summed E-state index contributed by atoms with van der Waals surface area (Å²) in [5.41, 5.74) is -4.37. The summed E-state index contributed by atoms with van der Waals surface area (Å²) in [5, 5.41) is 3.24. The Bertz CT molecular complexity index is 606. The van der Waals surface area contributed by atoms with Crippen molar-refractivity contribution in [3.63, 3.8) is 0 Å². The van der Waals surface area contributed by atoms with Crippen LogP contribution in [0.1, 0.15) is 33.1 Å². The maximum Gasteiger partial charge on any atom is 0.501 e. The van der Waals surface area contributed by atoms with Crippen molar-refractivity contribution in [3.8, 4) is 0 Å². The van der Waals surface area contributed by atoms with Gasteiger partial charge < -0.3 is 5.32 Å². The quantitative estimate of drug-likeness (QED) is 0.916. The second-order valence-corrected chi connectivity index (χ2v) is 8.16. The van der Waals surface area contributed by atoms with Gasteiger partial charge in [-0.1, -0.05) is 13.8 Å². The number of benzene rings is 1. The van der Waals surface area contributed by atoms with E-state index in [0.29, 0.717) is 5.69 Å². The standard InChI is InChI=1S/C14H18F3NO2S/c1-13(2)8-7-11(9-13)18-10-3-5-12(6-4-10)21(19,20)14(15,16)17/h3-6,11,18H,7-9H2,1-2H3. The van der Waals surface area contributed by atoms with Crippen molar-refractivity contribution in [2.24, 2.45) is 5.41 Å². The largest absolute Gasteiger partial charge is 0.501 e. The Kier molecular flexibility index (Phi) is 3.99. The number of nitrogens with one attached hydrogen (secondary N) is 1. The van der Waals surface area contributed by atoms with E-state index in [1.807, 2.05) is 0 Å². The molecule has 1 saturated carbocycles. The van der Waals surface area contributed by atoms with Crippen molar-refractivity contribution in [2.45, 2.75) is 49.6 Å². The first kappa shape index (κ1) is 16.1. The number of rotatable bonds is 3. The van der Waals surface area contributed by atoms with Crippen LogP contribution in [-0.4, -0.2) is 20.0 Å². The molecule has 0 bridgehead atoms. The van der Waals surface area contributed by atoms with Crippen LogP contribution in [0.15, 0.2) is 29.2 Å². The highest BCUT2D eigenvalue weighted by atomic mass is 32.2. The molecule has 1 aliphatic carbocycles. The number of halogens is 3. The highest BCUT2D eigenvalue weighted by Gasteiger charge is 2.46. The molecule has 0 heterocycles. The lowest BCUT2D eigenvalue weighted by atomic mass is 9.92. The summed E-state index contributed by atoms with van der Waals surface area (Å²) in [6.07, 6.45) is 3.07. The van der Waals surface area contributed by atoms with Gasteiger partial charge in [-0.3, -0.25) is 0 Å². The van der Waals surface area contributed by atoms with E-state index in [2.05, 4.69) is 19.2 Å². The molecule has 1 fully saturated rings. The van der Waals surface area contributed by atoms with Gasteiger partial charge >= 0.3 is 5.51 Å². The van der Waals surface area contributed by atoms with E-state index in [9.17, 15) is 21.6 Å². The first-order valence-electron chi connectivity index (χ1n) is 6.69. The molecule has 1 N–H and O–H groups in total. The van der Waals surface area contributed by atoms with Crippen LogP contribution in [0, 0.1) is 5.41 Å². The van der Waals surface area contributed by atoms with Crippen LogP contribution in [0.25, 0.3) is 0 Å². The minimum absolute atomic E-state index is 0.261. The average molecular weight is 321 g/mol. The molecule has 0 saturated heterocycles. The number of anilines is 1. The summed E-state index contributed by atoms with van der Waals surface area (Å²) in [6, 6.07) is 5.01.